The maximum absolute atomic E-state index is 9.55. The van der Waals surface area contributed by atoms with Gasteiger partial charge in [0.1, 0.15) is 24.0 Å². The maximum atomic E-state index is 9.55. The summed E-state index contributed by atoms with van der Waals surface area (Å²) in [5.74, 6) is 2.89. The zero-order chi connectivity index (χ0) is 26.8. The Morgan fingerprint density at radius 1 is 0.949 bits per heavy atom. The molecule has 9 nitrogen and oxygen atoms in total. The molecule has 0 radical (unpaired) electrons. The number of aromatic nitrogens is 4. The van der Waals surface area contributed by atoms with Crippen molar-refractivity contribution in [3.63, 3.8) is 0 Å². The number of hydrogen-bond donors (Lipinski definition) is 0. The molecule has 1 fully saturated rings. The topological polar surface area (TPSA) is 96.2 Å². The number of rotatable bonds is 7. The van der Waals surface area contributed by atoms with E-state index in [0.717, 1.165) is 52.5 Å². The van der Waals surface area contributed by atoms with Gasteiger partial charge in [-0.15, -0.1) is 0 Å². The van der Waals surface area contributed by atoms with Crippen molar-refractivity contribution in [2.24, 2.45) is 0 Å². The molecule has 1 aliphatic heterocycles. The normalized spacial score (nSPS) is 13.6. The summed E-state index contributed by atoms with van der Waals surface area (Å²) in [5, 5.41) is 10.6. The highest BCUT2D eigenvalue weighted by Gasteiger charge is 2.27. The van der Waals surface area contributed by atoms with Crippen LogP contribution in [0.3, 0.4) is 0 Å². The number of benzene rings is 2. The highest BCUT2D eigenvalue weighted by molar-refractivity contribution is 6.02. The Kier molecular flexibility index (Phi) is 6.59. The van der Waals surface area contributed by atoms with Crippen molar-refractivity contribution in [2.75, 3.05) is 42.6 Å². The smallest absolute Gasteiger partial charge is 0.234 e. The second-order valence-electron chi connectivity index (χ2n) is 9.30. The maximum Gasteiger partial charge on any atom is 0.234 e. The summed E-state index contributed by atoms with van der Waals surface area (Å²) in [6.45, 7) is 7.41. The molecule has 5 aromatic rings. The molecule has 9 heteroatoms. The molecule has 0 atom stereocenters. The fourth-order valence-electron chi connectivity index (χ4n) is 5.10. The molecule has 39 heavy (non-hydrogen) atoms. The van der Waals surface area contributed by atoms with E-state index in [9.17, 15) is 5.26 Å². The van der Waals surface area contributed by atoms with Gasteiger partial charge in [-0.05, 0) is 36.8 Å². The van der Waals surface area contributed by atoms with Crippen molar-refractivity contribution in [1.29, 1.82) is 5.26 Å². The first kappa shape index (κ1) is 24.5. The van der Waals surface area contributed by atoms with E-state index in [0.29, 0.717) is 43.6 Å². The van der Waals surface area contributed by atoms with E-state index in [2.05, 4.69) is 55.9 Å². The van der Waals surface area contributed by atoms with Gasteiger partial charge in [0.2, 0.25) is 11.6 Å². The molecule has 0 spiro atoms. The number of nitriles is 1. The Bertz CT molecular complexity index is 1630. The number of hydrogen-bond acceptors (Lipinski definition) is 8. The summed E-state index contributed by atoms with van der Waals surface area (Å²) in [7, 11) is 0. The number of anilines is 2. The predicted molar refractivity (Wildman–Crippen MR) is 150 cm³/mol. The van der Waals surface area contributed by atoms with Gasteiger partial charge in [-0.25, -0.2) is 15.0 Å². The van der Waals surface area contributed by atoms with Crippen LogP contribution in [0.1, 0.15) is 25.4 Å². The number of piperazine rings is 1. The molecule has 0 amide bonds. The molecule has 3 aromatic heterocycles. The fourth-order valence-corrected chi connectivity index (χ4v) is 5.10. The minimum Gasteiger partial charge on any atom is -0.494 e. The summed E-state index contributed by atoms with van der Waals surface area (Å²) in [6, 6.07) is 20.6. The van der Waals surface area contributed by atoms with Crippen molar-refractivity contribution in [2.45, 2.75) is 20.3 Å². The third-order valence-corrected chi connectivity index (χ3v) is 7.00. The molecule has 196 valence electrons. The Labute approximate surface area is 226 Å². The standard InChI is InChI=1S/C30H29N7O2/c1-3-26-34-25(18-31)30(39-26)36-16-14-35(15-17-36)28-27-24(21-8-6-5-7-9-21)19-37(29(27)33-20-32-28)22-10-12-23(13-11-22)38-4-2/h5-13,19-20H,3-4,14-17H2,1-2H3. The Hall–Kier alpha value is -4.84. The first-order valence-electron chi connectivity index (χ1n) is 13.2. The Morgan fingerprint density at radius 2 is 1.69 bits per heavy atom. The monoisotopic (exact) mass is 519 g/mol. The highest BCUT2D eigenvalue weighted by Crippen LogP contribution is 2.37. The van der Waals surface area contributed by atoms with Crippen LogP contribution in [0.15, 0.2) is 71.5 Å². The van der Waals surface area contributed by atoms with Gasteiger partial charge in [0, 0.05) is 50.0 Å². The van der Waals surface area contributed by atoms with Crippen LogP contribution in [0, 0.1) is 11.3 Å². The van der Waals surface area contributed by atoms with Crippen molar-refractivity contribution in [3.05, 3.63) is 78.7 Å². The summed E-state index contributed by atoms with van der Waals surface area (Å²) >= 11 is 0. The molecule has 0 saturated carbocycles. The molecule has 4 heterocycles. The van der Waals surface area contributed by atoms with Crippen molar-refractivity contribution >= 4 is 22.7 Å². The first-order valence-corrected chi connectivity index (χ1v) is 13.2. The van der Waals surface area contributed by atoms with Crippen LogP contribution >= 0.6 is 0 Å². The Balaban J connectivity index is 1.38. The minimum absolute atomic E-state index is 0.350. The van der Waals surface area contributed by atoms with Crippen LogP contribution in [0.2, 0.25) is 0 Å². The van der Waals surface area contributed by atoms with E-state index < -0.39 is 0 Å². The van der Waals surface area contributed by atoms with E-state index >= 15 is 0 Å². The quantitative estimate of drug-likeness (QED) is 0.288. The number of fused-ring (bicyclic) bond motifs is 1. The molecule has 0 aliphatic carbocycles. The Morgan fingerprint density at radius 3 is 2.38 bits per heavy atom. The zero-order valence-corrected chi connectivity index (χ0v) is 22.0. The van der Waals surface area contributed by atoms with E-state index in [1.54, 1.807) is 6.33 Å². The van der Waals surface area contributed by atoms with E-state index in [1.165, 1.54) is 0 Å². The summed E-state index contributed by atoms with van der Waals surface area (Å²) < 4.78 is 13.7. The summed E-state index contributed by atoms with van der Waals surface area (Å²) in [4.78, 5) is 18.2. The lowest BCUT2D eigenvalue weighted by Crippen LogP contribution is -2.47. The SMILES string of the molecule is CCOc1ccc(-n2cc(-c3ccccc3)c3c(N4CCN(c5oc(CC)nc5C#N)CC4)ncnc32)cc1. The molecule has 0 bridgehead atoms. The lowest BCUT2D eigenvalue weighted by molar-refractivity contribution is 0.340. The second kappa shape index (κ2) is 10.5. The lowest BCUT2D eigenvalue weighted by Gasteiger charge is -2.35. The molecule has 1 saturated heterocycles. The van der Waals surface area contributed by atoms with Gasteiger partial charge in [0.15, 0.2) is 11.5 Å². The molecule has 1 aliphatic rings. The molecule has 6 rings (SSSR count). The molecular formula is C30H29N7O2. The number of ether oxygens (including phenoxy) is 1. The average molecular weight is 520 g/mol. The van der Waals surface area contributed by atoms with Crippen LogP contribution in [0.5, 0.6) is 5.75 Å². The van der Waals surface area contributed by atoms with Gasteiger partial charge in [0.05, 0.1) is 12.0 Å². The molecule has 0 unspecified atom stereocenters. The van der Waals surface area contributed by atoms with Gasteiger partial charge < -0.3 is 23.5 Å². The summed E-state index contributed by atoms with van der Waals surface area (Å²) in [5.41, 5.74) is 4.38. The number of oxazole rings is 1. The molecule has 0 N–H and O–H groups in total. The van der Waals surface area contributed by atoms with E-state index in [-0.39, 0.29) is 0 Å². The zero-order valence-electron chi connectivity index (χ0n) is 22.0. The minimum atomic E-state index is 0.350. The van der Waals surface area contributed by atoms with Crippen LogP contribution < -0.4 is 14.5 Å². The third kappa shape index (κ3) is 4.55. The van der Waals surface area contributed by atoms with Gasteiger partial charge in [-0.1, -0.05) is 37.3 Å². The first-order chi connectivity index (χ1) is 19.2. The fraction of sp³-hybridized carbons (Fsp3) is 0.267. The van der Waals surface area contributed by atoms with Gasteiger partial charge in [-0.3, -0.25) is 0 Å². The lowest BCUT2D eigenvalue weighted by atomic mass is 10.1. The van der Waals surface area contributed by atoms with Crippen LogP contribution in [-0.4, -0.2) is 52.3 Å². The number of aryl methyl sites for hydroxylation is 1. The van der Waals surface area contributed by atoms with E-state index in [4.69, 9.17) is 19.1 Å². The molecular weight excluding hydrogens is 490 g/mol. The largest absolute Gasteiger partial charge is 0.494 e. The van der Waals surface area contributed by atoms with Gasteiger partial charge >= 0.3 is 0 Å². The van der Waals surface area contributed by atoms with Crippen molar-refractivity contribution < 1.29 is 9.15 Å². The predicted octanol–water partition coefficient (Wildman–Crippen LogP) is 5.23. The average Bonchev–Trinajstić information content (AvgIpc) is 3.60. The van der Waals surface area contributed by atoms with Crippen LogP contribution in [0.25, 0.3) is 27.8 Å². The molecule has 2 aromatic carbocycles. The third-order valence-electron chi connectivity index (χ3n) is 7.00. The second-order valence-corrected chi connectivity index (χ2v) is 9.30. The van der Waals surface area contributed by atoms with Crippen molar-refractivity contribution in [3.8, 4) is 28.6 Å². The van der Waals surface area contributed by atoms with Gasteiger partial charge in [-0.2, -0.15) is 5.26 Å². The summed E-state index contributed by atoms with van der Waals surface area (Å²) in [6.07, 6.45) is 4.44. The van der Waals surface area contributed by atoms with Gasteiger partial charge in [0.25, 0.3) is 0 Å². The number of nitrogens with zero attached hydrogens (tertiary/aromatic N) is 7. The van der Waals surface area contributed by atoms with Crippen LogP contribution in [-0.2, 0) is 6.42 Å². The van der Waals surface area contributed by atoms with Crippen molar-refractivity contribution in [1.82, 2.24) is 19.5 Å². The van der Waals surface area contributed by atoms with E-state index in [1.807, 2.05) is 44.2 Å². The highest BCUT2D eigenvalue weighted by atomic mass is 16.5. The van der Waals surface area contributed by atoms with Crippen LogP contribution in [0.4, 0.5) is 11.7 Å².